The van der Waals surface area contributed by atoms with Gasteiger partial charge < -0.3 is 19.8 Å². The number of amides is 2. The number of aliphatic hydroxyl groups excluding tert-OH is 1. The first-order valence-electron chi connectivity index (χ1n) is 13.0. The summed E-state index contributed by atoms with van der Waals surface area (Å²) in [7, 11) is 0. The molecule has 2 aliphatic heterocycles. The van der Waals surface area contributed by atoms with Gasteiger partial charge in [0, 0.05) is 35.9 Å². The lowest BCUT2D eigenvalue weighted by atomic mass is 9.89. The molecule has 230 valence electrons. The number of aliphatic hydroxyl groups is 1. The summed E-state index contributed by atoms with van der Waals surface area (Å²) < 4.78 is 5.93. The van der Waals surface area contributed by atoms with Crippen molar-refractivity contribution in [3.63, 3.8) is 0 Å². The number of aliphatic carboxylic acids is 1. The second-order valence-electron chi connectivity index (χ2n) is 10.0. The molecule has 1 aromatic heterocycles. The number of nitro benzene ring substituents is 1. The number of carbonyl (C=O) groups excluding carboxylic acids is 3. The van der Waals surface area contributed by atoms with Gasteiger partial charge in [-0.1, -0.05) is 23.1 Å². The Labute approximate surface area is 262 Å². The SMILES string of the molecule is Cc1nnc(SCC2(C(=O)O)CS[C@@H]3C(N(C(=O)CO)c4ccc(C(=O)OCc5ccc([N+](=O)[O-])cc5)cc4)C(=O)N3C2)s1. The Morgan fingerprint density at radius 1 is 1.18 bits per heavy atom. The van der Waals surface area contributed by atoms with E-state index in [4.69, 9.17) is 4.74 Å². The number of anilines is 1. The maximum atomic E-state index is 13.4. The molecule has 2 aromatic carbocycles. The lowest BCUT2D eigenvalue weighted by Gasteiger charge is -2.56. The number of thioether (sulfide) groups is 2. The van der Waals surface area contributed by atoms with Crippen LogP contribution in [0.25, 0.3) is 0 Å². The number of ether oxygens (including phenoxy) is 1. The second-order valence-corrected chi connectivity index (χ2v) is 13.6. The van der Waals surface area contributed by atoms with E-state index in [-0.39, 0.29) is 41.6 Å². The van der Waals surface area contributed by atoms with Crippen molar-refractivity contribution in [2.45, 2.75) is 29.3 Å². The molecule has 3 heterocycles. The summed E-state index contributed by atoms with van der Waals surface area (Å²) in [5.74, 6) is -2.50. The van der Waals surface area contributed by atoms with Gasteiger partial charge in [-0.3, -0.25) is 29.4 Å². The molecular formula is C27H25N5O9S3. The number of carboxylic acid groups (broad SMARTS) is 1. The fourth-order valence-electron chi connectivity index (χ4n) is 4.76. The van der Waals surface area contributed by atoms with Crippen molar-refractivity contribution in [1.82, 2.24) is 15.1 Å². The number of nitro groups is 1. The lowest BCUT2D eigenvalue weighted by Crippen LogP contribution is -2.75. The van der Waals surface area contributed by atoms with E-state index >= 15 is 0 Å². The smallest absolute Gasteiger partial charge is 0.338 e. The van der Waals surface area contributed by atoms with Gasteiger partial charge in [-0.25, -0.2) is 4.79 Å². The molecule has 2 fully saturated rings. The maximum Gasteiger partial charge on any atom is 0.338 e. The highest BCUT2D eigenvalue weighted by atomic mass is 32.2. The van der Waals surface area contributed by atoms with E-state index in [0.29, 0.717) is 9.90 Å². The molecule has 0 saturated carbocycles. The van der Waals surface area contributed by atoms with E-state index in [9.17, 15) is 39.5 Å². The fourth-order valence-corrected chi connectivity index (χ4v) is 8.48. The first kappa shape index (κ1) is 31.4. The summed E-state index contributed by atoms with van der Waals surface area (Å²) >= 11 is 3.89. The zero-order valence-corrected chi connectivity index (χ0v) is 25.5. The van der Waals surface area contributed by atoms with Gasteiger partial charge in [-0.05, 0) is 48.9 Å². The van der Waals surface area contributed by atoms with Crippen LogP contribution < -0.4 is 4.90 Å². The molecule has 2 amide bonds. The van der Waals surface area contributed by atoms with Crippen molar-refractivity contribution < 1.29 is 39.1 Å². The Morgan fingerprint density at radius 3 is 2.48 bits per heavy atom. The molecule has 0 radical (unpaired) electrons. The van der Waals surface area contributed by atoms with Crippen molar-refractivity contribution in [2.24, 2.45) is 5.41 Å². The monoisotopic (exact) mass is 659 g/mol. The number of benzene rings is 2. The topological polar surface area (TPSA) is 193 Å². The highest BCUT2D eigenvalue weighted by Gasteiger charge is 2.59. The Morgan fingerprint density at radius 2 is 1.89 bits per heavy atom. The average molecular weight is 660 g/mol. The molecule has 3 atom stereocenters. The van der Waals surface area contributed by atoms with E-state index in [1.165, 1.54) is 93.2 Å². The molecule has 0 spiro atoms. The number of hydrogen-bond acceptors (Lipinski definition) is 13. The van der Waals surface area contributed by atoms with Crippen molar-refractivity contribution in [2.75, 3.05) is 29.6 Å². The number of rotatable bonds is 11. The van der Waals surface area contributed by atoms with Gasteiger partial charge in [-0.15, -0.1) is 22.0 Å². The van der Waals surface area contributed by atoms with Crippen LogP contribution in [0, 0.1) is 22.5 Å². The minimum atomic E-state index is -1.23. The normalized spacial score (nSPS) is 20.8. The highest BCUT2D eigenvalue weighted by molar-refractivity contribution is 8.01. The van der Waals surface area contributed by atoms with Crippen LogP contribution in [-0.2, 0) is 25.7 Å². The third-order valence-electron chi connectivity index (χ3n) is 7.13. The molecule has 0 aliphatic carbocycles. The summed E-state index contributed by atoms with van der Waals surface area (Å²) in [5.41, 5.74) is -0.327. The number of β-lactam (4-membered cyclic amide) rings is 1. The minimum absolute atomic E-state index is 0.0409. The molecule has 2 aliphatic rings. The van der Waals surface area contributed by atoms with Crippen LogP contribution in [0.1, 0.15) is 20.9 Å². The van der Waals surface area contributed by atoms with Gasteiger partial charge in [0.2, 0.25) is 5.91 Å². The van der Waals surface area contributed by atoms with Crippen molar-refractivity contribution in [3.8, 4) is 0 Å². The quantitative estimate of drug-likeness (QED) is 0.100. The largest absolute Gasteiger partial charge is 0.481 e. The number of carbonyl (C=O) groups is 4. The minimum Gasteiger partial charge on any atom is -0.481 e. The Balaban J connectivity index is 1.25. The number of aromatic nitrogens is 2. The maximum absolute atomic E-state index is 13.4. The number of aryl methyl sites for hydroxylation is 1. The van der Waals surface area contributed by atoms with Crippen molar-refractivity contribution in [1.29, 1.82) is 0 Å². The van der Waals surface area contributed by atoms with E-state index in [2.05, 4.69) is 10.2 Å². The van der Waals surface area contributed by atoms with Crippen LogP contribution in [0.3, 0.4) is 0 Å². The van der Waals surface area contributed by atoms with E-state index in [0.717, 1.165) is 5.01 Å². The highest BCUT2D eigenvalue weighted by Crippen LogP contribution is 2.46. The molecule has 3 aromatic rings. The predicted octanol–water partition coefficient (Wildman–Crippen LogP) is 2.58. The molecule has 14 nitrogen and oxygen atoms in total. The van der Waals surface area contributed by atoms with Crippen LogP contribution in [0.4, 0.5) is 11.4 Å². The molecule has 0 bridgehead atoms. The van der Waals surface area contributed by atoms with Crippen LogP contribution in [0.15, 0.2) is 52.9 Å². The van der Waals surface area contributed by atoms with Crippen LogP contribution >= 0.6 is 34.9 Å². The molecule has 17 heteroatoms. The molecule has 5 rings (SSSR count). The summed E-state index contributed by atoms with van der Waals surface area (Å²) in [6.45, 7) is 0.783. The number of hydrogen-bond donors (Lipinski definition) is 2. The standard InChI is InChI=1S/C27H25N5O9S3/c1-15-28-29-26(44-15)43-14-27(25(37)38)12-30-22(35)21(23(30)42-13-27)31(20(34)10-33)18-8-4-17(5-9-18)24(36)41-11-16-2-6-19(7-3-16)32(39)40/h2-9,21,23,33H,10-14H2,1H3,(H,37,38)/t21?,23-,27?/m1/s1. The van der Waals surface area contributed by atoms with E-state index in [1.807, 2.05) is 0 Å². The Bertz CT molecular complexity index is 1600. The number of nitrogens with zero attached hydrogens (tertiary/aromatic N) is 5. The van der Waals surface area contributed by atoms with Gasteiger partial charge in [-0.2, -0.15) is 0 Å². The number of esters is 1. The Hall–Kier alpha value is -4.06. The summed E-state index contributed by atoms with van der Waals surface area (Å²) in [6, 6.07) is 10.4. The van der Waals surface area contributed by atoms with Crippen molar-refractivity contribution >= 4 is 70.0 Å². The first-order valence-corrected chi connectivity index (χ1v) is 15.9. The third-order valence-corrected chi connectivity index (χ3v) is 11.0. The zero-order valence-electron chi connectivity index (χ0n) is 23.0. The van der Waals surface area contributed by atoms with Gasteiger partial charge in [0.1, 0.15) is 35.1 Å². The van der Waals surface area contributed by atoms with Gasteiger partial charge in [0.25, 0.3) is 11.6 Å². The van der Waals surface area contributed by atoms with Gasteiger partial charge >= 0.3 is 11.9 Å². The average Bonchev–Trinajstić information content (AvgIpc) is 3.45. The third kappa shape index (κ3) is 6.26. The summed E-state index contributed by atoms with van der Waals surface area (Å²) in [5, 5.41) is 38.8. The molecule has 44 heavy (non-hydrogen) atoms. The number of fused-ring (bicyclic) bond motifs is 1. The molecular weight excluding hydrogens is 635 g/mol. The number of carboxylic acids is 1. The lowest BCUT2D eigenvalue weighted by molar-refractivity contribution is -0.384. The van der Waals surface area contributed by atoms with E-state index in [1.54, 1.807) is 6.92 Å². The van der Waals surface area contributed by atoms with Crippen molar-refractivity contribution in [3.05, 3.63) is 74.8 Å². The van der Waals surface area contributed by atoms with Crippen LogP contribution in [-0.4, -0.2) is 90.1 Å². The zero-order chi connectivity index (χ0) is 31.6. The van der Waals surface area contributed by atoms with Crippen LogP contribution in [0.5, 0.6) is 0 Å². The molecule has 2 unspecified atom stereocenters. The second kappa shape index (κ2) is 12.9. The molecule has 2 N–H and O–H groups in total. The number of non-ortho nitro benzene ring substituents is 1. The first-order chi connectivity index (χ1) is 21.0. The summed E-state index contributed by atoms with van der Waals surface area (Å²) in [4.78, 5) is 64.1. The molecule has 2 saturated heterocycles. The van der Waals surface area contributed by atoms with E-state index < -0.39 is 52.1 Å². The van der Waals surface area contributed by atoms with Gasteiger partial charge in [0.15, 0.2) is 4.34 Å². The predicted molar refractivity (Wildman–Crippen MR) is 160 cm³/mol. The Kier molecular flexibility index (Phi) is 9.19. The van der Waals surface area contributed by atoms with Gasteiger partial charge in [0.05, 0.1) is 10.5 Å². The fraction of sp³-hybridized carbons (Fsp3) is 0.333. The summed E-state index contributed by atoms with van der Waals surface area (Å²) in [6.07, 6.45) is 0. The van der Waals surface area contributed by atoms with Crippen LogP contribution in [0.2, 0.25) is 0 Å².